The van der Waals surface area contributed by atoms with Gasteiger partial charge >= 0.3 is 6.18 Å². The molecule has 1 aliphatic heterocycles. The number of aromatic nitrogens is 2. The van der Waals surface area contributed by atoms with E-state index < -0.39 is 12.8 Å². The highest BCUT2D eigenvalue weighted by molar-refractivity contribution is 5.93. The molecule has 1 aromatic heterocycles. The molecule has 0 saturated carbocycles. The largest absolute Gasteiger partial charge is 0.493 e. The lowest BCUT2D eigenvalue weighted by molar-refractivity contribution is -0.153. The summed E-state index contributed by atoms with van der Waals surface area (Å²) in [6.07, 6.45) is 0.736. The average Bonchev–Trinajstić information content (AvgIpc) is 3.22. The number of aryl methyl sites for hydroxylation is 2. The van der Waals surface area contributed by atoms with E-state index in [1.165, 1.54) is 19.4 Å². The molecule has 1 fully saturated rings. The molecule has 3 rings (SSSR count). The van der Waals surface area contributed by atoms with Gasteiger partial charge in [0.05, 0.1) is 18.9 Å². The number of rotatable bonds is 8. The van der Waals surface area contributed by atoms with Gasteiger partial charge in [-0.2, -0.15) is 18.3 Å². The quantitative estimate of drug-likeness (QED) is 0.644. The molecule has 0 aliphatic carbocycles. The Morgan fingerprint density at radius 1 is 1.21 bits per heavy atom. The second-order valence-electron chi connectivity index (χ2n) is 7.92. The van der Waals surface area contributed by atoms with Gasteiger partial charge in [0.15, 0.2) is 18.1 Å². The third kappa shape index (κ3) is 7.13. The Hall–Kier alpha value is -3.24. The van der Waals surface area contributed by atoms with E-state index in [-0.39, 0.29) is 35.8 Å². The molecule has 8 nitrogen and oxygen atoms in total. The summed E-state index contributed by atoms with van der Waals surface area (Å²) in [5.41, 5.74) is 1.26. The van der Waals surface area contributed by atoms with Crippen LogP contribution in [0.15, 0.2) is 30.6 Å². The van der Waals surface area contributed by atoms with Crippen LogP contribution in [0.3, 0.4) is 0 Å². The van der Waals surface area contributed by atoms with Crippen LogP contribution in [0.1, 0.15) is 35.2 Å². The number of hydrogen-bond acceptors (Lipinski definition) is 5. The van der Waals surface area contributed by atoms with E-state index in [0.29, 0.717) is 37.9 Å². The number of benzene rings is 1. The van der Waals surface area contributed by atoms with E-state index >= 15 is 0 Å². The van der Waals surface area contributed by atoms with Gasteiger partial charge in [-0.15, -0.1) is 0 Å². The minimum absolute atomic E-state index is 0.000282. The third-order valence-electron chi connectivity index (χ3n) is 5.40. The van der Waals surface area contributed by atoms with Crippen LogP contribution in [0.5, 0.6) is 11.5 Å². The number of likely N-dealkylation sites (tertiary alicyclic amines) is 1. The van der Waals surface area contributed by atoms with Crippen LogP contribution < -0.4 is 14.8 Å². The number of nitrogens with one attached hydrogen (secondary N) is 1. The number of alkyl halides is 3. The molecule has 0 atom stereocenters. The third-order valence-corrected chi connectivity index (χ3v) is 5.40. The van der Waals surface area contributed by atoms with Crippen molar-refractivity contribution in [2.45, 2.75) is 37.9 Å². The van der Waals surface area contributed by atoms with Crippen LogP contribution in [0.25, 0.3) is 0 Å². The van der Waals surface area contributed by atoms with Gasteiger partial charge in [-0.05, 0) is 37.0 Å². The van der Waals surface area contributed by atoms with Crippen molar-refractivity contribution in [1.29, 1.82) is 0 Å². The van der Waals surface area contributed by atoms with Gasteiger partial charge < -0.3 is 19.7 Å². The molecule has 0 spiro atoms. The van der Waals surface area contributed by atoms with E-state index in [0.717, 1.165) is 5.56 Å². The fraction of sp³-hybridized carbons (Fsp3) is 0.500. The number of methoxy groups -OCH3 is 1. The van der Waals surface area contributed by atoms with E-state index in [2.05, 4.69) is 10.4 Å². The first kappa shape index (κ1) is 24.4. The zero-order valence-electron chi connectivity index (χ0n) is 18.5. The Morgan fingerprint density at radius 3 is 2.55 bits per heavy atom. The Labute approximate surface area is 189 Å². The highest BCUT2D eigenvalue weighted by Gasteiger charge is 2.29. The van der Waals surface area contributed by atoms with Crippen LogP contribution in [0.4, 0.5) is 13.2 Å². The van der Waals surface area contributed by atoms with Crippen LogP contribution >= 0.6 is 0 Å². The fourth-order valence-corrected chi connectivity index (χ4v) is 3.64. The molecule has 33 heavy (non-hydrogen) atoms. The van der Waals surface area contributed by atoms with Gasteiger partial charge in [0.1, 0.15) is 0 Å². The van der Waals surface area contributed by atoms with E-state index in [4.69, 9.17) is 9.47 Å². The minimum Gasteiger partial charge on any atom is -0.493 e. The van der Waals surface area contributed by atoms with Crippen molar-refractivity contribution in [3.05, 3.63) is 41.7 Å². The lowest BCUT2D eigenvalue weighted by atomic mass is 10.0. The number of carbonyl (C=O) groups is 2. The highest BCUT2D eigenvalue weighted by atomic mass is 19.4. The van der Waals surface area contributed by atoms with Crippen molar-refractivity contribution < 1.29 is 32.2 Å². The molecule has 2 heterocycles. The molecule has 2 aromatic rings. The summed E-state index contributed by atoms with van der Waals surface area (Å²) in [5, 5.41) is 6.97. The topological polar surface area (TPSA) is 85.7 Å². The normalized spacial score (nSPS) is 14.8. The minimum atomic E-state index is -4.44. The Balaban J connectivity index is 1.45. The molecule has 1 saturated heterocycles. The standard InChI is InChI=1S/C22H27F3N4O4/c1-28-13-16(12-26-28)21(31)27-17-7-9-29(10-8-17)20(30)6-4-15-3-5-18(19(11-15)32-2)33-14-22(23,24)25/h3,5,11-13,17H,4,6-10,14H2,1-2H3,(H,27,31). The van der Waals surface area contributed by atoms with Crippen molar-refractivity contribution in [2.75, 3.05) is 26.8 Å². The number of nitrogens with zero attached hydrogens (tertiary/aromatic N) is 3. The first-order chi connectivity index (χ1) is 15.6. The molecule has 180 valence electrons. The van der Waals surface area contributed by atoms with Crippen molar-refractivity contribution >= 4 is 11.8 Å². The molecular weight excluding hydrogens is 441 g/mol. The molecule has 2 amide bonds. The lowest BCUT2D eigenvalue weighted by Gasteiger charge is -2.32. The molecule has 0 bridgehead atoms. The van der Waals surface area contributed by atoms with Gasteiger partial charge in [-0.3, -0.25) is 14.3 Å². The molecule has 1 N–H and O–H groups in total. The second-order valence-corrected chi connectivity index (χ2v) is 7.92. The number of carbonyl (C=O) groups excluding carboxylic acids is 2. The van der Waals surface area contributed by atoms with Crippen molar-refractivity contribution in [3.8, 4) is 11.5 Å². The van der Waals surface area contributed by atoms with Gasteiger partial charge in [-0.1, -0.05) is 6.07 Å². The highest BCUT2D eigenvalue weighted by Crippen LogP contribution is 2.30. The summed E-state index contributed by atoms with van der Waals surface area (Å²) in [5.74, 6) is 0.00237. The van der Waals surface area contributed by atoms with Gasteiger partial charge in [0.2, 0.25) is 5.91 Å². The zero-order valence-corrected chi connectivity index (χ0v) is 18.5. The van der Waals surface area contributed by atoms with Gasteiger partial charge in [0.25, 0.3) is 5.91 Å². The maximum absolute atomic E-state index is 12.6. The maximum atomic E-state index is 12.6. The molecular formula is C22H27F3N4O4. The predicted molar refractivity (Wildman–Crippen MR) is 113 cm³/mol. The average molecular weight is 468 g/mol. The van der Waals surface area contributed by atoms with E-state index in [9.17, 15) is 22.8 Å². The number of piperidine rings is 1. The Kier molecular flexibility index (Phi) is 7.83. The summed E-state index contributed by atoms with van der Waals surface area (Å²) in [6.45, 7) is -0.311. The maximum Gasteiger partial charge on any atom is 0.422 e. The number of ether oxygens (including phenoxy) is 2. The summed E-state index contributed by atoms with van der Waals surface area (Å²) in [4.78, 5) is 26.6. The summed E-state index contributed by atoms with van der Waals surface area (Å²) in [6, 6.07) is 4.62. The Morgan fingerprint density at radius 2 is 1.94 bits per heavy atom. The number of halogens is 3. The summed E-state index contributed by atoms with van der Waals surface area (Å²) < 4.78 is 48.6. The summed E-state index contributed by atoms with van der Waals surface area (Å²) in [7, 11) is 3.09. The van der Waals surface area contributed by atoms with E-state index in [1.807, 2.05) is 0 Å². The van der Waals surface area contributed by atoms with Crippen LogP contribution in [0.2, 0.25) is 0 Å². The van der Waals surface area contributed by atoms with Crippen LogP contribution in [-0.4, -0.2) is 65.5 Å². The van der Waals surface area contributed by atoms with Gasteiger partial charge in [-0.25, -0.2) is 0 Å². The van der Waals surface area contributed by atoms with Crippen molar-refractivity contribution in [3.63, 3.8) is 0 Å². The van der Waals surface area contributed by atoms with Crippen LogP contribution in [-0.2, 0) is 18.3 Å². The first-order valence-corrected chi connectivity index (χ1v) is 10.6. The second kappa shape index (κ2) is 10.6. The van der Waals surface area contributed by atoms with E-state index in [1.54, 1.807) is 35.0 Å². The smallest absolute Gasteiger partial charge is 0.422 e. The fourth-order valence-electron chi connectivity index (χ4n) is 3.64. The monoisotopic (exact) mass is 468 g/mol. The zero-order chi connectivity index (χ0) is 24.0. The first-order valence-electron chi connectivity index (χ1n) is 10.6. The molecule has 0 radical (unpaired) electrons. The number of hydrogen-bond donors (Lipinski definition) is 1. The number of amides is 2. The Bertz CT molecular complexity index is 969. The molecule has 1 aliphatic rings. The SMILES string of the molecule is COc1cc(CCC(=O)N2CCC(NC(=O)c3cnn(C)c3)CC2)ccc1OCC(F)(F)F. The molecule has 1 aromatic carbocycles. The summed E-state index contributed by atoms with van der Waals surface area (Å²) >= 11 is 0. The van der Waals surface area contributed by atoms with Crippen LogP contribution in [0, 0.1) is 0 Å². The van der Waals surface area contributed by atoms with Gasteiger partial charge in [0, 0.05) is 38.8 Å². The lowest BCUT2D eigenvalue weighted by Crippen LogP contribution is -2.46. The van der Waals surface area contributed by atoms with Crippen molar-refractivity contribution in [1.82, 2.24) is 20.0 Å². The molecule has 11 heteroatoms. The van der Waals surface area contributed by atoms with Crippen molar-refractivity contribution in [2.24, 2.45) is 7.05 Å². The predicted octanol–water partition coefficient (Wildman–Crippen LogP) is 2.72. The molecule has 0 unspecified atom stereocenters.